The lowest BCUT2D eigenvalue weighted by atomic mass is 9.72. The van der Waals surface area contributed by atoms with Crippen molar-refractivity contribution in [3.63, 3.8) is 0 Å². The van der Waals surface area contributed by atoms with Gasteiger partial charge in [-0.3, -0.25) is 14.6 Å². The van der Waals surface area contributed by atoms with Gasteiger partial charge in [0.25, 0.3) is 0 Å². The van der Waals surface area contributed by atoms with Crippen molar-refractivity contribution in [2.75, 3.05) is 7.11 Å². The highest BCUT2D eigenvalue weighted by Gasteiger charge is 2.49. The van der Waals surface area contributed by atoms with E-state index in [-0.39, 0.29) is 58.4 Å². The Morgan fingerprint density at radius 2 is 1.80 bits per heavy atom. The average molecular weight is 646 g/mol. The molecule has 0 saturated carbocycles. The SMILES string of the molecule is COc1cccc2c1C(=O)c1c(O)c3c(c(O)c1C2=O)CC(O)(c1csc(-c2ccncc2)n1)CC3OC1CC(N)C(O)C(C)O1. The fourth-order valence-corrected chi connectivity index (χ4v) is 7.62. The Hall–Kier alpha value is -4.24. The minimum absolute atomic E-state index is 0.0176. The highest BCUT2D eigenvalue weighted by molar-refractivity contribution is 7.13. The number of phenolic OH excluding ortho intramolecular Hbond substituents is 2. The Morgan fingerprint density at radius 1 is 1.07 bits per heavy atom. The number of pyridine rings is 1. The Balaban J connectivity index is 1.38. The van der Waals surface area contributed by atoms with Crippen molar-refractivity contribution in [3.05, 3.63) is 87.2 Å². The van der Waals surface area contributed by atoms with Gasteiger partial charge in [0.2, 0.25) is 5.78 Å². The van der Waals surface area contributed by atoms with Crippen LogP contribution in [0.1, 0.15) is 74.5 Å². The first-order chi connectivity index (χ1) is 22.0. The minimum Gasteiger partial charge on any atom is -0.507 e. The first-order valence-electron chi connectivity index (χ1n) is 14.7. The number of aliphatic hydroxyl groups is 2. The number of aromatic nitrogens is 2. The zero-order chi connectivity index (χ0) is 32.5. The fraction of sp³-hybridized carbons (Fsp3) is 0.333. The summed E-state index contributed by atoms with van der Waals surface area (Å²) in [6.45, 7) is 1.65. The molecule has 6 unspecified atom stereocenters. The van der Waals surface area contributed by atoms with Gasteiger partial charge in [-0.1, -0.05) is 12.1 Å². The second kappa shape index (κ2) is 11.2. The lowest BCUT2D eigenvalue weighted by Gasteiger charge is -2.42. The molecule has 4 aromatic rings. The van der Waals surface area contributed by atoms with Crippen LogP contribution in [-0.2, 0) is 21.5 Å². The normalized spacial score (nSPS) is 27.1. The molecule has 1 fully saturated rings. The molecule has 0 spiro atoms. The molecule has 0 radical (unpaired) electrons. The van der Waals surface area contributed by atoms with E-state index in [0.29, 0.717) is 10.7 Å². The average Bonchev–Trinajstić information content (AvgIpc) is 3.56. The number of nitrogens with two attached hydrogens (primary N) is 1. The van der Waals surface area contributed by atoms with Crippen molar-refractivity contribution in [1.82, 2.24) is 9.97 Å². The van der Waals surface area contributed by atoms with Crippen LogP contribution in [0.2, 0.25) is 0 Å². The van der Waals surface area contributed by atoms with Crippen LogP contribution < -0.4 is 10.5 Å². The molecule has 0 amide bonds. The van der Waals surface area contributed by atoms with Gasteiger partial charge in [0.15, 0.2) is 12.1 Å². The largest absolute Gasteiger partial charge is 0.507 e. The van der Waals surface area contributed by atoms with E-state index in [4.69, 9.17) is 24.9 Å². The summed E-state index contributed by atoms with van der Waals surface area (Å²) in [6, 6.07) is 7.45. The Morgan fingerprint density at radius 3 is 2.52 bits per heavy atom. The van der Waals surface area contributed by atoms with E-state index in [1.807, 2.05) is 0 Å². The monoisotopic (exact) mass is 645 g/mol. The minimum atomic E-state index is -1.73. The summed E-state index contributed by atoms with van der Waals surface area (Å²) in [4.78, 5) is 36.5. The molecule has 12 nitrogen and oxygen atoms in total. The number of carbonyl (C=O) groups excluding carboxylic acids is 2. The maximum atomic E-state index is 13.9. The molecule has 6 N–H and O–H groups in total. The zero-order valence-electron chi connectivity index (χ0n) is 24.8. The van der Waals surface area contributed by atoms with Crippen LogP contribution in [0.4, 0.5) is 0 Å². The Kier molecular flexibility index (Phi) is 7.42. The van der Waals surface area contributed by atoms with E-state index in [1.165, 1.54) is 30.6 Å². The van der Waals surface area contributed by atoms with Gasteiger partial charge in [-0.05, 0) is 25.1 Å². The lowest BCUT2D eigenvalue weighted by molar-refractivity contribution is -0.248. The molecular formula is C33H31N3O9S. The van der Waals surface area contributed by atoms with Gasteiger partial charge in [-0.2, -0.15) is 0 Å². The predicted octanol–water partition coefficient (Wildman–Crippen LogP) is 3.12. The van der Waals surface area contributed by atoms with Gasteiger partial charge in [0, 0.05) is 65.3 Å². The first kappa shape index (κ1) is 30.4. The third-order valence-electron chi connectivity index (χ3n) is 9.05. The van der Waals surface area contributed by atoms with E-state index in [2.05, 4.69) is 4.98 Å². The van der Waals surface area contributed by atoms with Crippen molar-refractivity contribution in [2.24, 2.45) is 5.73 Å². The second-order valence-corrected chi connectivity index (χ2v) is 12.7. The Labute approximate surface area is 267 Å². The second-order valence-electron chi connectivity index (χ2n) is 11.9. The summed E-state index contributed by atoms with van der Waals surface area (Å²) >= 11 is 1.31. The number of rotatable bonds is 5. The third kappa shape index (κ3) is 4.70. The van der Waals surface area contributed by atoms with Crippen LogP contribution in [-0.4, -0.2) is 73.6 Å². The molecule has 13 heteroatoms. The lowest BCUT2D eigenvalue weighted by Crippen LogP contribution is -2.52. The molecule has 7 rings (SSSR count). The predicted molar refractivity (Wildman–Crippen MR) is 164 cm³/mol. The zero-order valence-corrected chi connectivity index (χ0v) is 25.7. The molecular weight excluding hydrogens is 614 g/mol. The van der Waals surface area contributed by atoms with Gasteiger partial charge in [-0.15, -0.1) is 11.3 Å². The standard InChI is InChI=1S/C33H31N3O9S/c1-14-27(37)18(34)10-22(44-14)45-20-12-33(42,21-13-46-32(36-21)15-6-8-35-9-7-15)11-17-24(20)31(41)26-25(29(17)39)28(38)16-4-3-5-19(43-2)23(16)30(26)40/h3-9,13-14,18,20,22,27,37,39,41-42H,10-12,34H2,1-2H3. The summed E-state index contributed by atoms with van der Waals surface area (Å²) in [5, 5.41) is 48.5. The number of benzene rings is 2. The van der Waals surface area contributed by atoms with Crippen LogP contribution in [0.25, 0.3) is 10.6 Å². The Bertz CT molecular complexity index is 1870. The number of ketones is 2. The van der Waals surface area contributed by atoms with Gasteiger partial charge in [0.05, 0.1) is 47.8 Å². The number of carbonyl (C=O) groups is 2. The van der Waals surface area contributed by atoms with Crippen LogP contribution in [0.5, 0.6) is 17.2 Å². The van der Waals surface area contributed by atoms with Crippen LogP contribution >= 0.6 is 11.3 Å². The molecule has 46 heavy (non-hydrogen) atoms. The van der Waals surface area contributed by atoms with Crippen LogP contribution in [0.3, 0.4) is 0 Å². The van der Waals surface area contributed by atoms with E-state index in [0.717, 1.165) is 5.56 Å². The van der Waals surface area contributed by atoms with Crippen molar-refractivity contribution >= 4 is 22.9 Å². The number of hydrogen-bond donors (Lipinski definition) is 5. The first-order valence-corrected chi connectivity index (χ1v) is 15.6. The summed E-state index contributed by atoms with van der Waals surface area (Å²) in [5.74, 6) is -2.33. The highest BCUT2D eigenvalue weighted by atomic mass is 32.1. The summed E-state index contributed by atoms with van der Waals surface area (Å²) in [6.07, 6.45) is -0.766. The van der Waals surface area contributed by atoms with Crippen LogP contribution in [0, 0.1) is 0 Å². The number of nitrogens with zero attached hydrogens (tertiary/aromatic N) is 2. The third-order valence-corrected chi connectivity index (χ3v) is 9.94. The van der Waals surface area contributed by atoms with Crippen molar-refractivity contribution in [2.45, 2.75) is 62.4 Å². The van der Waals surface area contributed by atoms with Crippen molar-refractivity contribution in [3.8, 4) is 27.8 Å². The number of fused-ring (bicyclic) bond motifs is 3. The van der Waals surface area contributed by atoms with E-state index in [9.17, 15) is 30.0 Å². The quantitative estimate of drug-likeness (QED) is 0.176. The fourth-order valence-electron chi connectivity index (χ4n) is 6.70. The van der Waals surface area contributed by atoms with Gasteiger partial charge < -0.3 is 40.4 Å². The number of aromatic hydroxyl groups is 2. The number of phenols is 2. The molecule has 2 aromatic heterocycles. The van der Waals surface area contributed by atoms with Gasteiger partial charge in [-0.25, -0.2) is 4.98 Å². The topological polar surface area (TPSA) is 195 Å². The van der Waals surface area contributed by atoms with Crippen molar-refractivity contribution < 1.29 is 44.2 Å². The van der Waals surface area contributed by atoms with E-state index in [1.54, 1.807) is 42.9 Å². The summed E-state index contributed by atoms with van der Waals surface area (Å²) in [7, 11) is 1.36. The maximum absolute atomic E-state index is 13.9. The molecule has 3 heterocycles. The van der Waals surface area contributed by atoms with E-state index < -0.39 is 59.3 Å². The smallest absolute Gasteiger partial charge is 0.202 e. The van der Waals surface area contributed by atoms with Crippen molar-refractivity contribution in [1.29, 1.82) is 0 Å². The number of aliphatic hydroxyl groups excluding tert-OH is 1. The number of thiazole rings is 1. The molecule has 238 valence electrons. The molecule has 1 aliphatic heterocycles. The molecule has 6 atom stereocenters. The molecule has 1 saturated heterocycles. The molecule has 2 aliphatic carbocycles. The van der Waals surface area contributed by atoms with Gasteiger partial charge >= 0.3 is 0 Å². The molecule has 2 aromatic carbocycles. The number of hydrogen-bond acceptors (Lipinski definition) is 13. The summed E-state index contributed by atoms with van der Waals surface area (Å²) < 4.78 is 17.6. The van der Waals surface area contributed by atoms with Gasteiger partial charge in [0.1, 0.15) is 27.9 Å². The summed E-state index contributed by atoms with van der Waals surface area (Å²) in [5.41, 5.74) is 4.83. The van der Waals surface area contributed by atoms with Crippen LogP contribution in [0.15, 0.2) is 48.1 Å². The molecule has 3 aliphatic rings. The number of methoxy groups -OCH3 is 1. The maximum Gasteiger partial charge on any atom is 0.202 e. The van der Waals surface area contributed by atoms with E-state index >= 15 is 0 Å². The molecule has 0 bridgehead atoms. The highest BCUT2D eigenvalue weighted by Crippen LogP contribution is 2.54. The number of ether oxygens (including phenoxy) is 3.